The average Bonchev–Trinajstić information content (AvgIpc) is 2.68. The van der Waals surface area contributed by atoms with Crippen molar-refractivity contribution >= 4 is 45.3 Å². The van der Waals surface area contributed by atoms with E-state index in [-0.39, 0.29) is 11.7 Å². The van der Waals surface area contributed by atoms with E-state index >= 15 is 0 Å². The van der Waals surface area contributed by atoms with E-state index in [2.05, 4.69) is 27.5 Å². The van der Waals surface area contributed by atoms with E-state index in [0.717, 1.165) is 20.8 Å². The minimum Gasteiger partial charge on any atom is -0.333 e. The zero-order chi connectivity index (χ0) is 18.1. The quantitative estimate of drug-likeness (QED) is 0.643. The molecule has 0 fully saturated rings. The Morgan fingerprint density at radius 1 is 1.17 bits per heavy atom. The Hall–Kier alpha value is -1.67. The molecule has 6 nitrogen and oxygen atoms in total. The standard InChI is InChI=1S/C16H22N4O2S2/c1-8-9(2)24-14-12(8)13(17-10(3)18-14)23-7-11(21)19-15(22)20-16(4,5)6/h7H2,1-6H3,(H2,19,20,21,22). The van der Waals surface area contributed by atoms with Crippen LogP contribution in [0.1, 0.15) is 37.0 Å². The van der Waals surface area contributed by atoms with Crippen LogP contribution in [0.15, 0.2) is 5.03 Å². The van der Waals surface area contributed by atoms with E-state index in [1.807, 2.05) is 34.6 Å². The maximum absolute atomic E-state index is 12.0. The van der Waals surface area contributed by atoms with Crippen LogP contribution >= 0.6 is 23.1 Å². The van der Waals surface area contributed by atoms with Gasteiger partial charge in [-0.25, -0.2) is 14.8 Å². The number of imide groups is 1. The number of rotatable bonds is 3. The molecule has 0 aliphatic heterocycles. The summed E-state index contributed by atoms with van der Waals surface area (Å²) in [7, 11) is 0. The lowest BCUT2D eigenvalue weighted by molar-refractivity contribution is -0.117. The molecule has 2 rings (SSSR count). The second-order valence-electron chi connectivity index (χ2n) is 6.58. The zero-order valence-corrected chi connectivity index (χ0v) is 16.4. The van der Waals surface area contributed by atoms with Gasteiger partial charge in [0.1, 0.15) is 15.7 Å². The number of thiophene rings is 1. The first-order chi connectivity index (χ1) is 11.1. The first-order valence-corrected chi connectivity index (χ1v) is 9.36. The van der Waals surface area contributed by atoms with Crippen LogP contribution in [0.5, 0.6) is 0 Å². The molecular weight excluding hydrogens is 344 g/mol. The summed E-state index contributed by atoms with van der Waals surface area (Å²) < 4.78 is 0. The van der Waals surface area contributed by atoms with Crippen LogP contribution in [0.25, 0.3) is 10.2 Å². The summed E-state index contributed by atoms with van der Waals surface area (Å²) in [5, 5.41) is 6.82. The van der Waals surface area contributed by atoms with Crippen molar-refractivity contribution < 1.29 is 9.59 Å². The Kier molecular flexibility index (Phi) is 5.49. The highest BCUT2D eigenvalue weighted by Crippen LogP contribution is 2.34. The van der Waals surface area contributed by atoms with Crippen LogP contribution in [-0.4, -0.2) is 33.2 Å². The van der Waals surface area contributed by atoms with Crippen molar-refractivity contribution in [3.63, 3.8) is 0 Å². The Morgan fingerprint density at radius 2 is 1.83 bits per heavy atom. The van der Waals surface area contributed by atoms with Crippen LogP contribution in [0.4, 0.5) is 4.79 Å². The number of aryl methyl sites for hydroxylation is 3. The number of nitrogens with zero attached hydrogens (tertiary/aromatic N) is 2. The Balaban J connectivity index is 2.08. The molecular formula is C16H22N4O2S2. The van der Waals surface area contributed by atoms with Gasteiger partial charge in [-0.3, -0.25) is 10.1 Å². The highest BCUT2D eigenvalue weighted by Gasteiger charge is 2.18. The molecule has 2 heterocycles. The Bertz CT molecular complexity index is 793. The summed E-state index contributed by atoms with van der Waals surface area (Å²) >= 11 is 2.95. The van der Waals surface area contributed by atoms with Gasteiger partial charge in [-0.05, 0) is 47.1 Å². The fraction of sp³-hybridized carbons (Fsp3) is 0.500. The molecule has 24 heavy (non-hydrogen) atoms. The number of nitrogens with one attached hydrogen (secondary N) is 2. The van der Waals surface area contributed by atoms with E-state index in [0.29, 0.717) is 5.82 Å². The van der Waals surface area contributed by atoms with Crippen LogP contribution < -0.4 is 10.6 Å². The highest BCUT2D eigenvalue weighted by atomic mass is 32.2. The van der Waals surface area contributed by atoms with Gasteiger partial charge in [0.2, 0.25) is 5.91 Å². The van der Waals surface area contributed by atoms with Crippen molar-refractivity contribution in [2.45, 2.75) is 52.1 Å². The zero-order valence-electron chi connectivity index (χ0n) is 14.7. The third kappa shape index (κ3) is 4.67. The van der Waals surface area contributed by atoms with Crippen LogP contribution in [0.2, 0.25) is 0 Å². The van der Waals surface area contributed by atoms with Gasteiger partial charge in [0, 0.05) is 15.8 Å². The van der Waals surface area contributed by atoms with Crippen LogP contribution in [0.3, 0.4) is 0 Å². The summed E-state index contributed by atoms with van der Waals surface area (Å²) in [6.45, 7) is 11.5. The number of hydrogen-bond donors (Lipinski definition) is 2. The summed E-state index contributed by atoms with van der Waals surface area (Å²) in [5.41, 5.74) is 0.752. The lowest BCUT2D eigenvalue weighted by Crippen LogP contribution is -2.48. The maximum atomic E-state index is 12.0. The molecule has 0 saturated heterocycles. The number of amides is 3. The molecule has 0 radical (unpaired) electrons. The number of fused-ring (bicyclic) bond motifs is 1. The lowest BCUT2D eigenvalue weighted by atomic mass is 10.1. The molecule has 0 bridgehead atoms. The first kappa shape index (κ1) is 18.7. The van der Waals surface area contributed by atoms with E-state index in [1.54, 1.807) is 11.3 Å². The predicted octanol–water partition coefficient (Wildman–Crippen LogP) is 3.33. The number of hydrogen-bond acceptors (Lipinski definition) is 6. The second kappa shape index (κ2) is 7.06. The van der Waals surface area contributed by atoms with E-state index < -0.39 is 11.6 Å². The Morgan fingerprint density at radius 3 is 2.46 bits per heavy atom. The monoisotopic (exact) mass is 366 g/mol. The van der Waals surface area contributed by atoms with E-state index in [4.69, 9.17) is 0 Å². The summed E-state index contributed by atoms with van der Waals surface area (Å²) in [6, 6.07) is -0.486. The van der Waals surface area contributed by atoms with Crippen molar-refractivity contribution in [1.29, 1.82) is 0 Å². The molecule has 0 spiro atoms. The summed E-state index contributed by atoms with van der Waals surface area (Å²) in [5.74, 6) is 0.449. The van der Waals surface area contributed by atoms with Crippen molar-refractivity contribution in [3.8, 4) is 0 Å². The van der Waals surface area contributed by atoms with E-state index in [9.17, 15) is 9.59 Å². The number of thioether (sulfide) groups is 1. The van der Waals surface area contributed by atoms with Gasteiger partial charge in [-0.1, -0.05) is 11.8 Å². The van der Waals surface area contributed by atoms with Crippen molar-refractivity contribution in [1.82, 2.24) is 20.6 Å². The maximum Gasteiger partial charge on any atom is 0.321 e. The third-order valence-corrected chi connectivity index (χ3v) is 5.27. The summed E-state index contributed by atoms with van der Waals surface area (Å²) in [6.07, 6.45) is 0. The number of aromatic nitrogens is 2. The first-order valence-electron chi connectivity index (χ1n) is 7.56. The molecule has 0 aromatic carbocycles. The van der Waals surface area contributed by atoms with Crippen LogP contribution in [-0.2, 0) is 4.79 Å². The molecule has 2 N–H and O–H groups in total. The molecule has 0 atom stereocenters. The minimum atomic E-state index is -0.486. The number of carbonyl (C=O) groups is 2. The van der Waals surface area contributed by atoms with E-state index in [1.165, 1.54) is 16.6 Å². The lowest BCUT2D eigenvalue weighted by Gasteiger charge is -2.20. The predicted molar refractivity (Wildman–Crippen MR) is 98.8 cm³/mol. The van der Waals surface area contributed by atoms with Crippen LogP contribution in [0, 0.1) is 20.8 Å². The molecule has 2 aromatic heterocycles. The number of urea groups is 1. The molecule has 3 amide bonds. The second-order valence-corrected chi connectivity index (χ2v) is 8.75. The molecule has 8 heteroatoms. The molecule has 0 saturated carbocycles. The topological polar surface area (TPSA) is 84.0 Å². The van der Waals surface area contributed by atoms with Crippen molar-refractivity contribution in [3.05, 3.63) is 16.3 Å². The average molecular weight is 367 g/mol. The SMILES string of the molecule is Cc1nc(SCC(=O)NC(=O)NC(C)(C)C)c2c(C)c(C)sc2n1. The van der Waals surface area contributed by atoms with Gasteiger partial charge in [-0.2, -0.15) is 0 Å². The molecule has 0 aliphatic rings. The highest BCUT2D eigenvalue weighted by molar-refractivity contribution is 8.00. The minimum absolute atomic E-state index is 0.122. The Labute approximate surface area is 149 Å². The smallest absolute Gasteiger partial charge is 0.321 e. The normalized spacial score (nSPS) is 11.6. The van der Waals surface area contributed by atoms with Gasteiger partial charge in [0.05, 0.1) is 5.75 Å². The fourth-order valence-corrected chi connectivity index (χ4v) is 4.16. The van der Waals surface area contributed by atoms with Gasteiger partial charge >= 0.3 is 6.03 Å². The van der Waals surface area contributed by atoms with Gasteiger partial charge < -0.3 is 5.32 Å². The van der Waals surface area contributed by atoms with Crippen molar-refractivity contribution in [2.24, 2.45) is 0 Å². The van der Waals surface area contributed by atoms with Gasteiger partial charge in [0.15, 0.2) is 0 Å². The molecule has 0 unspecified atom stereocenters. The number of carbonyl (C=O) groups excluding carboxylic acids is 2. The fourth-order valence-electron chi connectivity index (χ4n) is 2.09. The third-order valence-electron chi connectivity index (χ3n) is 3.19. The largest absolute Gasteiger partial charge is 0.333 e. The van der Waals surface area contributed by atoms with Gasteiger partial charge in [0.25, 0.3) is 0 Å². The van der Waals surface area contributed by atoms with Crippen molar-refractivity contribution in [2.75, 3.05) is 5.75 Å². The molecule has 2 aromatic rings. The van der Waals surface area contributed by atoms with Gasteiger partial charge in [-0.15, -0.1) is 11.3 Å². The molecule has 0 aliphatic carbocycles. The summed E-state index contributed by atoms with van der Waals surface area (Å²) in [4.78, 5) is 34.8. The molecule has 130 valence electrons.